The lowest BCUT2D eigenvalue weighted by atomic mass is 9.88. The zero-order valence-corrected chi connectivity index (χ0v) is 11.2. The molecule has 0 saturated carbocycles. The van der Waals surface area contributed by atoms with Crippen molar-refractivity contribution in [3.8, 4) is 0 Å². The van der Waals surface area contributed by atoms with Gasteiger partial charge in [0.15, 0.2) is 0 Å². The van der Waals surface area contributed by atoms with Gasteiger partial charge in [0.1, 0.15) is 4.88 Å². The summed E-state index contributed by atoms with van der Waals surface area (Å²) in [6, 6.07) is 0. The molecule has 5 heteroatoms. The highest BCUT2D eigenvalue weighted by Crippen LogP contribution is 2.21. The number of amides is 1. The summed E-state index contributed by atoms with van der Waals surface area (Å²) in [5.41, 5.74) is 1.75. The summed E-state index contributed by atoms with van der Waals surface area (Å²) in [5.74, 6) is 0.633. The first-order chi connectivity index (χ1) is 7.55. The number of thiazole rings is 1. The minimum atomic E-state index is -0.0403. The van der Waals surface area contributed by atoms with Crippen molar-refractivity contribution < 1.29 is 4.79 Å². The summed E-state index contributed by atoms with van der Waals surface area (Å²) in [6.45, 7) is 4.93. The molecule has 3 nitrogen and oxygen atoms in total. The Bertz CT molecular complexity index is 325. The summed E-state index contributed by atoms with van der Waals surface area (Å²) < 4.78 is 0. The molecule has 1 amide bonds. The Morgan fingerprint density at radius 3 is 2.94 bits per heavy atom. The molecule has 1 rings (SSSR count). The van der Waals surface area contributed by atoms with E-state index >= 15 is 0 Å². The van der Waals surface area contributed by atoms with Gasteiger partial charge >= 0.3 is 0 Å². The fourth-order valence-electron chi connectivity index (χ4n) is 1.37. The van der Waals surface area contributed by atoms with E-state index in [0.29, 0.717) is 17.3 Å². The van der Waals surface area contributed by atoms with Gasteiger partial charge in [-0.25, -0.2) is 0 Å². The molecule has 0 saturated heterocycles. The molecule has 90 valence electrons. The van der Waals surface area contributed by atoms with Crippen LogP contribution in [0.4, 0.5) is 0 Å². The van der Waals surface area contributed by atoms with Gasteiger partial charge in [-0.2, -0.15) is 0 Å². The number of nitrogens with zero attached hydrogens (tertiary/aromatic N) is 1. The number of hydrogen-bond acceptors (Lipinski definition) is 3. The second kappa shape index (κ2) is 6.21. The smallest absolute Gasteiger partial charge is 0.263 e. The molecule has 1 aromatic heterocycles. The van der Waals surface area contributed by atoms with Crippen molar-refractivity contribution in [1.82, 2.24) is 10.3 Å². The Balaban J connectivity index is 2.36. The van der Waals surface area contributed by atoms with Crippen molar-refractivity contribution in [1.29, 1.82) is 0 Å². The predicted molar refractivity (Wildman–Crippen MR) is 68.2 cm³/mol. The van der Waals surface area contributed by atoms with Crippen molar-refractivity contribution in [3.63, 3.8) is 0 Å². The number of carbonyl (C=O) groups excluding carboxylic acids is 1. The van der Waals surface area contributed by atoms with Gasteiger partial charge in [0.25, 0.3) is 5.91 Å². The lowest BCUT2D eigenvalue weighted by molar-refractivity contribution is 0.0938. The van der Waals surface area contributed by atoms with Crippen LogP contribution in [0.2, 0.25) is 0 Å². The first-order valence-corrected chi connectivity index (χ1v) is 6.69. The fraction of sp³-hybridized carbons (Fsp3) is 0.636. The number of carbonyl (C=O) groups is 1. The second-order valence-electron chi connectivity index (χ2n) is 4.51. The molecule has 0 aliphatic rings. The van der Waals surface area contributed by atoms with Crippen molar-refractivity contribution >= 4 is 28.8 Å². The minimum absolute atomic E-state index is 0.0403. The van der Waals surface area contributed by atoms with Gasteiger partial charge in [-0.15, -0.1) is 22.9 Å². The number of alkyl halides is 1. The molecule has 1 heterocycles. The zero-order chi connectivity index (χ0) is 12.0. The van der Waals surface area contributed by atoms with Crippen LogP contribution >= 0.6 is 22.9 Å². The summed E-state index contributed by atoms with van der Waals surface area (Å²) in [6.07, 6.45) is 3.58. The van der Waals surface area contributed by atoms with Crippen molar-refractivity contribution in [2.75, 3.05) is 12.4 Å². The predicted octanol–water partition coefficient (Wildman–Crippen LogP) is 2.92. The average molecular weight is 261 g/mol. The third kappa shape index (κ3) is 4.49. The van der Waals surface area contributed by atoms with E-state index in [-0.39, 0.29) is 11.3 Å². The summed E-state index contributed by atoms with van der Waals surface area (Å²) >= 11 is 7.01. The van der Waals surface area contributed by atoms with Gasteiger partial charge in [0.2, 0.25) is 0 Å². The topological polar surface area (TPSA) is 42.0 Å². The van der Waals surface area contributed by atoms with E-state index in [1.54, 1.807) is 11.7 Å². The maximum Gasteiger partial charge on any atom is 0.263 e. The quantitative estimate of drug-likeness (QED) is 0.799. The number of rotatable bonds is 6. The fourth-order valence-corrected chi connectivity index (χ4v) is 2.04. The van der Waals surface area contributed by atoms with Crippen LogP contribution < -0.4 is 5.32 Å². The van der Waals surface area contributed by atoms with E-state index in [1.165, 1.54) is 11.3 Å². The molecular formula is C11H17ClN2OS. The van der Waals surface area contributed by atoms with E-state index in [9.17, 15) is 4.79 Å². The van der Waals surface area contributed by atoms with E-state index < -0.39 is 0 Å². The van der Waals surface area contributed by atoms with Crippen LogP contribution in [0.1, 0.15) is 36.4 Å². The van der Waals surface area contributed by atoms with Crippen LogP contribution in [0.5, 0.6) is 0 Å². The molecule has 0 bridgehead atoms. The molecule has 16 heavy (non-hydrogen) atoms. The Morgan fingerprint density at radius 1 is 1.62 bits per heavy atom. The third-order valence-corrected chi connectivity index (χ3v) is 3.41. The third-order valence-electron chi connectivity index (χ3n) is 2.37. The van der Waals surface area contributed by atoms with Gasteiger partial charge in [-0.3, -0.25) is 9.78 Å². The van der Waals surface area contributed by atoms with Crippen LogP contribution in [0.15, 0.2) is 11.7 Å². The van der Waals surface area contributed by atoms with Crippen molar-refractivity contribution in [2.24, 2.45) is 5.41 Å². The normalized spacial score (nSPS) is 11.4. The molecule has 0 aliphatic carbocycles. The molecular weight excluding hydrogens is 244 g/mol. The molecule has 0 aromatic carbocycles. The molecule has 0 unspecified atom stereocenters. The molecule has 0 fully saturated rings. The lowest BCUT2D eigenvalue weighted by Crippen LogP contribution is -2.33. The van der Waals surface area contributed by atoms with Crippen LogP contribution in [-0.2, 0) is 0 Å². The van der Waals surface area contributed by atoms with Gasteiger partial charge < -0.3 is 5.32 Å². The zero-order valence-electron chi connectivity index (χ0n) is 9.62. The Labute approximate surface area is 105 Å². The molecule has 0 radical (unpaired) electrons. The van der Waals surface area contributed by atoms with Crippen molar-refractivity contribution in [3.05, 3.63) is 16.6 Å². The number of nitrogens with one attached hydrogen (secondary N) is 1. The van der Waals surface area contributed by atoms with Crippen LogP contribution in [-0.4, -0.2) is 23.3 Å². The van der Waals surface area contributed by atoms with Gasteiger partial charge in [0, 0.05) is 12.4 Å². The summed E-state index contributed by atoms with van der Waals surface area (Å²) in [5, 5.41) is 2.92. The van der Waals surface area contributed by atoms with Crippen molar-refractivity contribution in [2.45, 2.75) is 26.7 Å². The molecule has 1 N–H and O–H groups in total. The van der Waals surface area contributed by atoms with Crippen LogP contribution in [0, 0.1) is 5.41 Å². The Hall–Kier alpha value is -0.610. The number of aromatic nitrogens is 1. The van der Waals surface area contributed by atoms with Crippen LogP contribution in [0.3, 0.4) is 0 Å². The SMILES string of the molecule is CC(C)(CCCCl)CNC(=O)c1cncs1. The van der Waals surface area contributed by atoms with Gasteiger partial charge in [-0.1, -0.05) is 13.8 Å². The van der Waals surface area contributed by atoms with E-state index in [4.69, 9.17) is 11.6 Å². The molecule has 0 spiro atoms. The highest BCUT2D eigenvalue weighted by Gasteiger charge is 2.19. The minimum Gasteiger partial charge on any atom is -0.351 e. The summed E-state index contributed by atoms with van der Waals surface area (Å²) in [7, 11) is 0. The second-order valence-corrected chi connectivity index (χ2v) is 5.77. The number of halogens is 1. The number of hydrogen-bond donors (Lipinski definition) is 1. The van der Waals surface area contributed by atoms with E-state index in [0.717, 1.165) is 12.8 Å². The first-order valence-electron chi connectivity index (χ1n) is 5.28. The standard InChI is InChI=1S/C11H17ClN2OS/c1-11(2,4-3-5-12)7-14-10(15)9-6-13-8-16-9/h6,8H,3-5,7H2,1-2H3,(H,14,15). The lowest BCUT2D eigenvalue weighted by Gasteiger charge is -2.24. The van der Waals surface area contributed by atoms with Crippen LogP contribution in [0.25, 0.3) is 0 Å². The Morgan fingerprint density at radius 2 is 2.38 bits per heavy atom. The average Bonchev–Trinajstić information content (AvgIpc) is 2.77. The van der Waals surface area contributed by atoms with E-state index in [1.807, 2.05) is 0 Å². The Kier molecular flexibility index (Phi) is 5.22. The summed E-state index contributed by atoms with van der Waals surface area (Å²) in [4.78, 5) is 16.2. The van der Waals surface area contributed by atoms with Gasteiger partial charge in [0.05, 0.1) is 11.7 Å². The van der Waals surface area contributed by atoms with Gasteiger partial charge in [-0.05, 0) is 18.3 Å². The molecule has 0 aliphatic heterocycles. The highest BCUT2D eigenvalue weighted by molar-refractivity contribution is 7.11. The highest BCUT2D eigenvalue weighted by atomic mass is 35.5. The molecule has 0 atom stereocenters. The molecule has 1 aromatic rings. The maximum absolute atomic E-state index is 11.7. The largest absolute Gasteiger partial charge is 0.351 e. The monoisotopic (exact) mass is 260 g/mol. The maximum atomic E-state index is 11.7. The first kappa shape index (κ1) is 13.5. The van der Waals surface area contributed by atoms with E-state index in [2.05, 4.69) is 24.1 Å².